The van der Waals surface area contributed by atoms with Gasteiger partial charge in [0.15, 0.2) is 0 Å². The van der Waals surface area contributed by atoms with Crippen molar-refractivity contribution in [3.05, 3.63) is 29.0 Å². The van der Waals surface area contributed by atoms with Gasteiger partial charge in [-0.05, 0) is 0 Å². The van der Waals surface area contributed by atoms with Gasteiger partial charge in [0.1, 0.15) is 0 Å². The minimum atomic E-state index is 0.961. The third kappa shape index (κ3) is 1.20. The molecule has 0 aliphatic rings. The molecule has 0 unspecified atom stereocenters. The van der Waals surface area contributed by atoms with Gasteiger partial charge in [-0.15, -0.1) is 0 Å². The van der Waals surface area contributed by atoms with Crippen LogP contribution in [0.1, 0.15) is 0 Å². The second-order valence-electron chi connectivity index (χ2n) is 1.40. The molecule has 0 amide bonds. The number of aromatic nitrogens is 1. The predicted molar refractivity (Wildman–Crippen MR) is 31.5 cm³/mol. The van der Waals surface area contributed by atoms with Crippen molar-refractivity contribution in [2.45, 2.75) is 0 Å². The maximum Gasteiger partial charge on any atom is 0.223 e. The molecule has 1 aromatic rings. The highest BCUT2D eigenvalue weighted by atomic mass is 79.9. The number of hydrogen-bond acceptors (Lipinski definition) is 1. The van der Waals surface area contributed by atoms with E-state index in [0.29, 0.717) is 0 Å². The molecule has 0 radical (unpaired) electrons. The topological polar surface area (TPSA) is 24.1 Å². The molecule has 42 valence electrons. The number of halogens is 1. The summed E-state index contributed by atoms with van der Waals surface area (Å²) in [7, 11) is 0. The standard InChI is InChI=1S/C5H5BrNO/c6-5-1-3-7(8)4-2-5/h1-4,8H/q+1. The molecule has 3 heteroatoms. The Morgan fingerprint density at radius 2 is 1.88 bits per heavy atom. The van der Waals surface area contributed by atoms with Gasteiger partial charge in [0.05, 0.1) is 0 Å². The van der Waals surface area contributed by atoms with Gasteiger partial charge in [-0.3, -0.25) is 5.21 Å². The summed E-state index contributed by atoms with van der Waals surface area (Å²) in [4.78, 5) is 0. The van der Waals surface area contributed by atoms with E-state index in [-0.39, 0.29) is 0 Å². The predicted octanol–water partition coefficient (Wildman–Crippen LogP) is 0.974. The zero-order valence-electron chi connectivity index (χ0n) is 4.08. The molecular weight excluding hydrogens is 170 g/mol. The maximum absolute atomic E-state index is 8.65. The van der Waals surface area contributed by atoms with Gasteiger partial charge in [-0.25, -0.2) is 0 Å². The van der Waals surface area contributed by atoms with Crippen molar-refractivity contribution in [2.75, 3.05) is 0 Å². The Hall–Kier alpha value is -0.570. The Morgan fingerprint density at radius 3 is 2.25 bits per heavy atom. The summed E-state index contributed by atoms with van der Waals surface area (Å²) in [5.74, 6) is 0. The van der Waals surface area contributed by atoms with E-state index in [4.69, 9.17) is 5.21 Å². The molecule has 1 N–H and O–H groups in total. The van der Waals surface area contributed by atoms with E-state index in [1.807, 2.05) is 0 Å². The van der Waals surface area contributed by atoms with E-state index in [9.17, 15) is 0 Å². The van der Waals surface area contributed by atoms with E-state index in [0.717, 1.165) is 9.20 Å². The van der Waals surface area contributed by atoms with Crippen LogP contribution in [0.5, 0.6) is 0 Å². The highest BCUT2D eigenvalue weighted by molar-refractivity contribution is 9.10. The summed E-state index contributed by atoms with van der Waals surface area (Å²) in [5.41, 5.74) is 0. The van der Waals surface area contributed by atoms with E-state index in [2.05, 4.69) is 15.9 Å². The van der Waals surface area contributed by atoms with Crippen LogP contribution >= 0.6 is 15.9 Å². The Morgan fingerprint density at radius 1 is 1.38 bits per heavy atom. The van der Waals surface area contributed by atoms with Crippen molar-refractivity contribution in [1.82, 2.24) is 0 Å². The third-order valence-electron chi connectivity index (χ3n) is 0.773. The highest BCUT2D eigenvalue weighted by Crippen LogP contribution is 2.02. The van der Waals surface area contributed by atoms with Crippen LogP contribution in [0.3, 0.4) is 0 Å². The van der Waals surface area contributed by atoms with Crippen molar-refractivity contribution < 1.29 is 9.94 Å². The third-order valence-corrected chi connectivity index (χ3v) is 1.30. The lowest BCUT2D eigenvalue weighted by Gasteiger charge is -1.80. The Kier molecular flexibility index (Phi) is 1.48. The maximum atomic E-state index is 8.65. The van der Waals surface area contributed by atoms with Gasteiger partial charge < -0.3 is 0 Å². The minimum absolute atomic E-state index is 0.961. The molecular formula is C5H5BrNO+. The van der Waals surface area contributed by atoms with Crippen molar-refractivity contribution in [3.8, 4) is 0 Å². The molecule has 1 heterocycles. The molecule has 0 aliphatic heterocycles. The summed E-state index contributed by atoms with van der Waals surface area (Å²) in [6, 6.07) is 3.50. The van der Waals surface area contributed by atoms with Gasteiger partial charge in [0.2, 0.25) is 12.4 Å². The first-order valence-electron chi connectivity index (χ1n) is 2.15. The average molecular weight is 175 g/mol. The molecule has 0 bridgehead atoms. The SMILES string of the molecule is O[n+]1ccc(Br)cc1. The van der Waals surface area contributed by atoms with Crippen molar-refractivity contribution in [1.29, 1.82) is 0 Å². The van der Waals surface area contributed by atoms with Crippen molar-refractivity contribution in [3.63, 3.8) is 0 Å². The lowest BCUT2D eigenvalue weighted by molar-refractivity contribution is -0.904. The molecule has 1 aromatic heterocycles. The first kappa shape index (κ1) is 5.56. The summed E-state index contributed by atoms with van der Waals surface area (Å²) in [6.07, 6.45) is 3.09. The minimum Gasteiger partial charge on any atom is -0.285 e. The van der Waals surface area contributed by atoms with Crippen molar-refractivity contribution in [2.24, 2.45) is 0 Å². The quantitative estimate of drug-likeness (QED) is 0.461. The van der Waals surface area contributed by atoms with Crippen LogP contribution in [0.25, 0.3) is 0 Å². The van der Waals surface area contributed by atoms with Crippen LogP contribution in [-0.4, -0.2) is 5.21 Å². The van der Waals surface area contributed by atoms with Gasteiger partial charge in [-0.1, -0.05) is 15.9 Å². The largest absolute Gasteiger partial charge is 0.285 e. The van der Waals surface area contributed by atoms with Crippen LogP contribution in [0.2, 0.25) is 0 Å². The van der Waals surface area contributed by atoms with E-state index >= 15 is 0 Å². The van der Waals surface area contributed by atoms with E-state index < -0.39 is 0 Å². The number of pyridine rings is 1. The highest BCUT2D eigenvalue weighted by Gasteiger charge is 1.90. The fourth-order valence-corrected chi connectivity index (χ4v) is 0.637. The summed E-state index contributed by atoms with van der Waals surface area (Å²) in [5, 5.41) is 8.65. The first-order chi connectivity index (χ1) is 3.79. The van der Waals surface area contributed by atoms with Crippen LogP contribution in [0.15, 0.2) is 29.0 Å². The molecule has 2 nitrogen and oxygen atoms in total. The van der Waals surface area contributed by atoms with Crippen LogP contribution in [-0.2, 0) is 0 Å². The lowest BCUT2D eigenvalue weighted by atomic mass is 10.5. The second-order valence-corrected chi connectivity index (χ2v) is 2.31. The Bertz CT molecular complexity index is 151. The molecule has 0 aliphatic carbocycles. The zero-order valence-corrected chi connectivity index (χ0v) is 5.67. The average Bonchev–Trinajstić information content (AvgIpc) is 1.77. The van der Waals surface area contributed by atoms with Crippen LogP contribution in [0.4, 0.5) is 0 Å². The number of nitrogens with zero attached hydrogens (tertiary/aromatic N) is 1. The summed E-state index contributed by atoms with van der Waals surface area (Å²) in [6.45, 7) is 0. The van der Waals surface area contributed by atoms with Crippen molar-refractivity contribution >= 4 is 15.9 Å². The molecule has 0 saturated carbocycles. The van der Waals surface area contributed by atoms with Gasteiger partial charge >= 0.3 is 0 Å². The molecule has 0 fully saturated rings. The summed E-state index contributed by atoms with van der Waals surface area (Å²) < 4.78 is 1.95. The fraction of sp³-hybridized carbons (Fsp3) is 0. The zero-order chi connectivity index (χ0) is 5.98. The Balaban J connectivity index is 3.03. The van der Waals surface area contributed by atoms with Gasteiger partial charge in [0, 0.05) is 21.3 Å². The van der Waals surface area contributed by atoms with E-state index in [1.54, 1.807) is 24.5 Å². The molecule has 8 heavy (non-hydrogen) atoms. The number of rotatable bonds is 0. The van der Waals surface area contributed by atoms with Gasteiger partial charge in [-0.2, -0.15) is 0 Å². The van der Waals surface area contributed by atoms with E-state index in [1.165, 1.54) is 0 Å². The van der Waals surface area contributed by atoms with Gasteiger partial charge in [0.25, 0.3) is 0 Å². The first-order valence-corrected chi connectivity index (χ1v) is 2.94. The Labute approximate surface area is 55.5 Å². The number of hydrogen-bond donors (Lipinski definition) is 1. The molecule has 0 aromatic carbocycles. The van der Waals surface area contributed by atoms with Crippen LogP contribution < -0.4 is 4.73 Å². The molecule has 1 rings (SSSR count). The second kappa shape index (κ2) is 2.13. The molecule has 0 saturated heterocycles. The van der Waals surface area contributed by atoms with Crippen LogP contribution in [0, 0.1) is 0 Å². The monoisotopic (exact) mass is 174 g/mol. The fourth-order valence-electron chi connectivity index (χ4n) is 0.400. The molecule has 0 atom stereocenters. The summed E-state index contributed by atoms with van der Waals surface area (Å²) >= 11 is 3.22. The smallest absolute Gasteiger partial charge is 0.223 e. The lowest BCUT2D eigenvalue weighted by Crippen LogP contribution is -2.27. The molecule has 0 spiro atoms. The normalized spacial score (nSPS) is 9.12.